The summed E-state index contributed by atoms with van der Waals surface area (Å²) < 4.78 is 16.9. The third-order valence-corrected chi connectivity index (χ3v) is 15.8. The van der Waals surface area contributed by atoms with E-state index >= 15 is 0 Å². The number of carbonyl (C=O) groups is 3. The Balaban J connectivity index is 4.19. The average molecular weight is 1120 g/mol. The smallest absolute Gasteiger partial charge is 0.306 e. The molecule has 0 amide bonds. The van der Waals surface area contributed by atoms with E-state index in [1.54, 1.807) is 0 Å². The SMILES string of the molecule is CC/C=C\C/C=C\C/C=C\C/C=C\C/C=C\CCCC(=O)OC(COC(=O)CCCCCCCCCCCCCCCC)COC(=O)CCCCCCCCCCCCCCCCCCCCCCCCCCCCCCCCC. The van der Waals surface area contributed by atoms with Gasteiger partial charge in [0.15, 0.2) is 6.10 Å². The third-order valence-electron chi connectivity index (χ3n) is 15.8. The molecule has 1 atom stereocenters. The van der Waals surface area contributed by atoms with Crippen molar-refractivity contribution in [3.05, 3.63) is 60.8 Å². The first-order valence-corrected chi connectivity index (χ1v) is 35.3. The first-order chi connectivity index (χ1) is 39.5. The number of hydrogen-bond acceptors (Lipinski definition) is 6. The van der Waals surface area contributed by atoms with E-state index in [1.165, 1.54) is 250 Å². The molecule has 0 radical (unpaired) electrons. The number of hydrogen-bond donors (Lipinski definition) is 0. The van der Waals surface area contributed by atoms with Gasteiger partial charge in [0.25, 0.3) is 0 Å². The number of ether oxygens (including phenoxy) is 3. The molecule has 1 unspecified atom stereocenters. The van der Waals surface area contributed by atoms with Crippen molar-refractivity contribution >= 4 is 17.9 Å². The summed E-state index contributed by atoms with van der Waals surface area (Å²) >= 11 is 0. The second-order valence-electron chi connectivity index (χ2n) is 23.8. The molecule has 0 saturated heterocycles. The summed E-state index contributed by atoms with van der Waals surface area (Å²) in [5, 5.41) is 0. The molecule has 0 spiro atoms. The summed E-state index contributed by atoms with van der Waals surface area (Å²) in [6.45, 7) is 6.54. The Bertz CT molecular complexity index is 1430. The molecule has 0 heterocycles. The van der Waals surface area contributed by atoms with Crippen molar-refractivity contribution in [3.8, 4) is 0 Å². The minimum Gasteiger partial charge on any atom is -0.462 e. The lowest BCUT2D eigenvalue weighted by molar-refractivity contribution is -0.167. The molecule has 0 aromatic rings. The Hall–Kier alpha value is -2.89. The molecule has 0 bridgehead atoms. The molecule has 0 aromatic carbocycles. The third kappa shape index (κ3) is 65.9. The van der Waals surface area contributed by atoms with Gasteiger partial charge >= 0.3 is 17.9 Å². The van der Waals surface area contributed by atoms with E-state index in [4.69, 9.17) is 14.2 Å². The summed E-state index contributed by atoms with van der Waals surface area (Å²) in [6.07, 6.45) is 88.5. The monoisotopic (exact) mass is 1120 g/mol. The molecule has 0 rings (SSSR count). The summed E-state index contributed by atoms with van der Waals surface area (Å²) in [5.74, 6) is -0.929. The van der Waals surface area contributed by atoms with Crippen molar-refractivity contribution in [1.82, 2.24) is 0 Å². The standard InChI is InChI=1S/C74H134O6/c1-4-7-10-13-16-19-22-25-28-30-31-32-33-34-35-36-37-38-39-40-41-42-43-45-46-49-52-55-58-61-64-67-73(76)79-70-71(69-78-72(75)66-63-60-57-54-51-48-27-24-21-18-15-12-9-6-3)80-74(77)68-65-62-59-56-53-50-47-44-29-26-23-20-17-14-11-8-5-2/h8,11,17,20,26,29,47,50,56,59,71H,4-7,9-10,12-16,18-19,21-25,27-28,30-46,48-49,51-55,57-58,60-70H2,1-3H3/b11-8-,20-17-,29-26-,50-47-,59-56-. The molecule has 0 fully saturated rings. The Morgan fingerprint density at radius 3 is 0.750 bits per heavy atom. The maximum absolute atomic E-state index is 12.9. The predicted octanol–water partition coefficient (Wildman–Crippen LogP) is 24.3. The molecule has 0 aliphatic carbocycles. The molecule has 0 aliphatic rings. The van der Waals surface area contributed by atoms with E-state index in [0.29, 0.717) is 19.3 Å². The second-order valence-corrected chi connectivity index (χ2v) is 23.8. The fraction of sp³-hybridized carbons (Fsp3) is 0.824. The van der Waals surface area contributed by atoms with Crippen molar-refractivity contribution in [1.29, 1.82) is 0 Å². The Morgan fingerprint density at radius 1 is 0.263 bits per heavy atom. The highest BCUT2D eigenvalue weighted by Crippen LogP contribution is 2.19. The lowest BCUT2D eigenvalue weighted by atomic mass is 10.0. The van der Waals surface area contributed by atoms with E-state index in [-0.39, 0.29) is 37.5 Å². The lowest BCUT2D eigenvalue weighted by Gasteiger charge is -2.18. The van der Waals surface area contributed by atoms with Gasteiger partial charge < -0.3 is 14.2 Å². The van der Waals surface area contributed by atoms with E-state index in [2.05, 4.69) is 81.5 Å². The summed E-state index contributed by atoms with van der Waals surface area (Å²) in [6, 6.07) is 0. The zero-order valence-corrected chi connectivity index (χ0v) is 53.6. The molecule has 0 N–H and O–H groups in total. The van der Waals surface area contributed by atoms with Crippen LogP contribution in [0.5, 0.6) is 0 Å². The van der Waals surface area contributed by atoms with Crippen LogP contribution in [0.1, 0.15) is 374 Å². The Kier molecular flexibility index (Phi) is 66.1. The number of rotatable bonds is 65. The second kappa shape index (κ2) is 68.6. The quantitative estimate of drug-likeness (QED) is 0.0261. The van der Waals surface area contributed by atoms with Crippen molar-refractivity contribution in [2.45, 2.75) is 380 Å². The zero-order valence-electron chi connectivity index (χ0n) is 53.6. The van der Waals surface area contributed by atoms with Crippen molar-refractivity contribution < 1.29 is 28.6 Å². The van der Waals surface area contributed by atoms with Gasteiger partial charge in [0.05, 0.1) is 0 Å². The van der Waals surface area contributed by atoms with Crippen LogP contribution in [-0.2, 0) is 28.6 Å². The fourth-order valence-electron chi connectivity index (χ4n) is 10.5. The van der Waals surface area contributed by atoms with E-state index in [9.17, 15) is 14.4 Å². The van der Waals surface area contributed by atoms with Crippen LogP contribution < -0.4 is 0 Å². The van der Waals surface area contributed by atoms with Gasteiger partial charge in [-0.15, -0.1) is 0 Å². The van der Waals surface area contributed by atoms with Crippen molar-refractivity contribution in [2.75, 3.05) is 13.2 Å². The largest absolute Gasteiger partial charge is 0.462 e. The first-order valence-electron chi connectivity index (χ1n) is 35.3. The van der Waals surface area contributed by atoms with Crippen LogP contribution in [0.15, 0.2) is 60.8 Å². The molecule has 0 saturated carbocycles. The molecule has 0 aliphatic heterocycles. The highest BCUT2D eigenvalue weighted by Gasteiger charge is 2.19. The van der Waals surface area contributed by atoms with Gasteiger partial charge in [-0.05, 0) is 57.8 Å². The van der Waals surface area contributed by atoms with Crippen LogP contribution in [0.3, 0.4) is 0 Å². The van der Waals surface area contributed by atoms with Gasteiger partial charge in [0, 0.05) is 19.3 Å². The van der Waals surface area contributed by atoms with Crippen LogP contribution in [0.2, 0.25) is 0 Å². The predicted molar refractivity (Wildman–Crippen MR) is 348 cm³/mol. The van der Waals surface area contributed by atoms with E-state index < -0.39 is 6.10 Å². The topological polar surface area (TPSA) is 78.9 Å². The van der Waals surface area contributed by atoms with Gasteiger partial charge in [-0.3, -0.25) is 14.4 Å². The molecule has 466 valence electrons. The van der Waals surface area contributed by atoms with Crippen molar-refractivity contribution in [2.24, 2.45) is 0 Å². The maximum atomic E-state index is 12.9. The first kappa shape index (κ1) is 77.1. The molecule has 6 heteroatoms. The highest BCUT2D eigenvalue weighted by molar-refractivity contribution is 5.71. The van der Waals surface area contributed by atoms with E-state index in [1.807, 2.05) is 0 Å². The maximum Gasteiger partial charge on any atom is 0.306 e. The van der Waals surface area contributed by atoms with Crippen molar-refractivity contribution in [3.63, 3.8) is 0 Å². The van der Waals surface area contributed by atoms with Crippen LogP contribution in [0, 0.1) is 0 Å². The Labute approximate surface area is 498 Å². The van der Waals surface area contributed by atoms with Crippen LogP contribution in [0.25, 0.3) is 0 Å². The number of unbranched alkanes of at least 4 members (excludes halogenated alkanes) is 44. The minimum absolute atomic E-state index is 0.0922. The van der Waals surface area contributed by atoms with Crippen LogP contribution in [0.4, 0.5) is 0 Å². The van der Waals surface area contributed by atoms with Gasteiger partial charge in [0.2, 0.25) is 0 Å². The molecule has 80 heavy (non-hydrogen) atoms. The number of allylic oxidation sites excluding steroid dienone is 10. The fourth-order valence-corrected chi connectivity index (χ4v) is 10.5. The number of carbonyl (C=O) groups excluding carboxylic acids is 3. The highest BCUT2D eigenvalue weighted by atomic mass is 16.6. The van der Waals surface area contributed by atoms with Crippen LogP contribution >= 0.6 is 0 Å². The van der Waals surface area contributed by atoms with Crippen LogP contribution in [-0.4, -0.2) is 37.2 Å². The zero-order chi connectivity index (χ0) is 57.8. The minimum atomic E-state index is -0.802. The normalized spacial score (nSPS) is 12.4. The summed E-state index contributed by atoms with van der Waals surface area (Å²) in [4.78, 5) is 38.3. The van der Waals surface area contributed by atoms with Gasteiger partial charge in [-0.2, -0.15) is 0 Å². The van der Waals surface area contributed by atoms with Gasteiger partial charge in [-0.1, -0.05) is 358 Å². The molecule has 6 nitrogen and oxygen atoms in total. The number of esters is 3. The Morgan fingerprint density at radius 2 is 0.487 bits per heavy atom. The summed E-state index contributed by atoms with van der Waals surface area (Å²) in [5.41, 5.74) is 0. The molecular weight excluding hydrogens is 985 g/mol. The van der Waals surface area contributed by atoms with Gasteiger partial charge in [-0.25, -0.2) is 0 Å². The lowest BCUT2D eigenvalue weighted by Crippen LogP contribution is -2.30. The van der Waals surface area contributed by atoms with E-state index in [0.717, 1.165) is 77.0 Å². The van der Waals surface area contributed by atoms with Gasteiger partial charge in [0.1, 0.15) is 13.2 Å². The summed E-state index contributed by atoms with van der Waals surface area (Å²) in [7, 11) is 0. The molecular formula is C74H134O6. The average Bonchev–Trinajstić information content (AvgIpc) is 3.46. The molecule has 0 aromatic heterocycles.